The Morgan fingerprint density at radius 1 is 1.04 bits per heavy atom. The van der Waals surface area contributed by atoms with Crippen molar-refractivity contribution in [3.05, 3.63) is 58.7 Å². The summed E-state index contributed by atoms with van der Waals surface area (Å²) in [4.78, 5) is 12.6. The smallest absolute Gasteiger partial charge is 0.196 e. The summed E-state index contributed by atoms with van der Waals surface area (Å²) in [6, 6.07) is 11.2. The Hall–Kier alpha value is -2.75. The SMILES string of the molecule is COc1ccc(/C=C2/COc3ccc(C)cc3C2=O)cc1OC. The third-order valence-corrected chi connectivity index (χ3v) is 3.80. The first-order chi connectivity index (χ1) is 11.1. The molecule has 0 saturated carbocycles. The highest BCUT2D eigenvalue weighted by Crippen LogP contribution is 2.31. The molecule has 4 nitrogen and oxygen atoms in total. The summed E-state index contributed by atoms with van der Waals surface area (Å²) in [7, 11) is 3.18. The molecule has 1 aliphatic heterocycles. The van der Waals surface area contributed by atoms with Crippen LogP contribution in [0.5, 0.6) is 17.2 Å². The van der Waals surface area contributed by atoms with Gasteiger partial charge in [0, 0.05) is 5.57 Å². The van der Waals surface area contributed by atoms with E-state index in [1.54, 1.807) is 14.2 Å². The molecule has 4 heteroatoms. The summed E-state index contributed by atoms with van der Waals surface area (Å²) >= 11 is 0. The van der Waals surface area contributed by atoms with Gasteiger partial charge in [0.1, 0.15) is 12.4 Å². The summed E-state index contributed by atoms with van der Waals surface area (Å²) in [6.45, 7) is 2.23. The number of hydrogen-bond acceptors (Lipinski definition) is 4. The minimum Gasteiger partial charge on any atom is -0.493 e. The minimum absolute atomic E-state index is 0.00438. The Kier molecular flexibility index (Phi) is 4.06. The summed E-state index contributed by atoms with van der Waals surface area (Å²) in [5, 5.41) is 0. The van der Waals surface area contributed by atoms with Crippen LogP contribution < -0.4 is 14.2 Å². The summed E-state index contributed by atoms with van der Waals surface area (Å²) < 4.78 is 16.2. The molecule has 0 saturated heterocycles. The molecule has 0 spiro atoms. The van der Waals surface area contributed by atoms with Crippen molar-refractivity contribution in [3.8, 4) is 17.2 Å². The highest BCUT2D eigenvalue weighted by molar-refractivity contribution is 6.14. The average Bonchev–Trinajstić information content (AvgIpc) is 2.57. The van der Waals surface area contributed by atoms with E-state index in [4.69, 9.17) is 14.2 Å². The van der Waals surface area contributed by atoms with Crippen LogP contribution in [0.25, 0.3) is 6.08 Å². The van der Waals surface area contributed by atoms with Crippen molar-refractivity contribution < 1.29 is 19.0 Å². The number of Topliss-reactive ketones (excluding diaryl/α,β-unsaturated/α-hetero) is 1. The van der Waals surface area contributed by atoms with Gasteiger partial charge in [-0.05, 0) is 42.8 Å². The lowest BCUT2D eigenvalue weighted by molar-refractivity contribution is 0.100. The molecule has 23 heavy (non-hydrogen) atoms. The van der Waals surface area contributed by atoms with Crippen LogP contribution in [-0.2, 0) is 0 Å². The van der Waals surface area contributed by atoms with Crippen molar-refractivity contribution in [1.29, 1.82) is 0 Å². The fourth-order valence-corrected chi connectivity index (χ4v) is 2.59. The molecule has 0 amide bonds. The Labute approximate surface area is 135 Å². The van der Waals surface area contributed by atoms with Gasteiger partial charge in [0.05, 0.1) is 19.8 Å². The van der Waals surface area contributed by atoms with Crippen LogP contribution in [-0.4, -0.2) is 26.6 Å². The molecule has 1 heterocycles. The first-order valence-corrected chi connectivity index (χ1v) is 7.33. The van der Waals surface area contributed by atoms with E-state index < -0.39 is 0 Å². The van der Waals surface area contributed by atoms with Gasteiger partial charge in [-0.2, -0.15) is 0 Å². The lowest BCUT2D eigenvalue weighted by atomic mass is 9.97. The molecule has 0 fully saturated rings. The summed E-state index contributed by atoms with van der Waals surface area (Å²) in [5.74, 6) is 1.93. The van der Waals surface area contributed by atoms with E-state index in [0.29, 0.717) is 28.4 Å². The van der Waals surface area contributed by atoms with Gasteiger partial charge in [0.15, 0.2) is 17.3 Å². The molecule has 118 valence electrons. The third kappa shape index (κ3) is 2.93. The van der Waals surface area contributed by atoms with Crippen molar-refractivity contribution in [2.45, 2.75) is 6.92 Å². The fraction of sp³-hybridized carbons (Fsp3) is 0.211. The number of benzene rings is 2. The van der Waals surface area contributed by atoms with E-state index in [1.807, 2.05) is 49.4 Å². The maximum absolute atomic E-state index is 12.6. The van der Waals surface area contributed by atoms with Crippen molar-refractivity contribution in [2.24, 2.45) is 0 Å². The zero-order chi connectivity index (χ0) is 16.4. The van der Waals surface area contributed by atoms with Crippen molar-refractivity contribution in [1.82, 2.24) is 0 Å². The molecule has 0 atom stereocenters. The normalized spacial score (nSPS) is 15.1. The molecule has 0 radical (unpaired) electrons. The molecule has 0 unspecified atom stereocenters. The molecular formula is C19H18O4. The van der Waals surface area contributed by atoms with Gasteiger partial charge in [-0.1, -0.05) is 17.7 Å². The van der Waals surface area contributed by atoms with E-state index in [1.165, 1.54) is 0 Å². The van der Waals surface area contributed by atoms with E-state index >= 15 is 0 Å². The number of fused-ring (bicyclic) bond motifs is 1. The van der Waals surface area contributed by atoms with E-state index in [9.17, 15) is 4.79 Å². The van der Waals surface area contributed by atoms with Crippen LogP contribution in [0.15, 0.2) is 42.0 Å². The Morgan fingerprint density at radius 2 is 1.83 bits per heavy atom. The number of carbonyl (C=O) groups excluding carboxylic acids is 1. The van der Waals surface area contributed by atoms with Crippen LogP contribution >= 0.6 is 0 Å². The highest BCUT2D eigenvalue weighted by atomic mass is 16.5. The molecule has 1 aliphatic rings. The quantitative estimate of drug-likeness (QED) is 0.811. The minimum atomic E-state index is 0.00438. The van der Waals surface area contributed by atoms with E-state index in [0.717, 1.165) is 11.1 Å². The van der Waals surface area contributed by atoms with Gasteiger partial charge in [-0.3, -0.25) is 4.79 Å². The van der Waals surface area contributed by atoms with Gasteiger partial charge in [-0.25, -0.2) is 0 Å². The molecular weight excluding hydrogens is 292 g/mol. The second-order valence-corrected chi connectivity index (χ2v) is 5.40. The van der Waals surface area contributed by atoms with Crippen LogP contribution in [0.1, 0.15) is 21.5 Å². The van der Waals surface area contributed by atoms with Crippen LogP contribution in [0.3, 0.4) is 0 Å². The zero-order valence-electron chi connectivity index (χ0n) is 13.4. The Morgan fingerprint density at radius 3 is 2.57 bits per heavy atom. The maximum Gasteiger partial charge on any atom is 0.196 e. The molecule has 0 aromatic heterocycles. The number of methoxy groups -OCH3 is 2. The molecule has 3 rings (SSSR count). The Balaban J connectivity index is 1.96. The fourth-order valence-electron chi connectivity index (χ4n) is 2.59. The summed E-state index contributed by atoms with van der Waals surface area (Å²) in [5.41, 5.74) is 3.14. The van der Waals surface area contributed by atoms with Gasteiger partial charge in [0.2, 0.25) is 0 Å². The molecule has 2 aromatic carbocycles. The number of ketones is 1. The van der Waals surface area contributed by atoms with Crippen LogP contribution in [0.4, 0.5) is 0 Å². The van der Waals surface area contributed by atoms with E-state index in [-0.39, 0.29) is 12.4 Å². The number of aryl methyl sites for hydroxylation is 1. The van der Waals surface area contributed by atoms with E-state index in [2.05, 4.69) is 0 Å². The third-order valence-electron chi connectivity index (χ3n) is 3.80. The van der Waals surface area contributed by atoms with Gasteiger partial charge >= 0.3 is 0 Å². The van der Waals surface area contributed by atoms with Gasteiger partial charge in [-0.15, -0.1) is 0 Å². The standard InChI is InChI=1S/C19H18O4/c1-12-4-6-16-15(8-12)19(20)14(11-23-16)9-13-5-7-17(21-2)18(10-13)22-3/h4-10H,11H2,1-3H3/b14-9-. The predicted octanol–water partition coefficient (Wildman–Crippen LogP) is 3.67. The highest BCUT2D eigenvalue weighted by Gasteiger charge is 2.23. The number of hydrogen-bond donors (Lipinski definition) is 0. The monoisotopic (exact) mass is 310 g/mol. The van der Waals surface area contributed by atoms with Crippen LogP contribution in [0.2, 0.25) is 0 Å². The average molecular weight is 310 g/mol. The topological polar surface area (TPSA) is 44.8 Å². The Bertz CT molecular complexity index is 790. The van der Waals surface area contributed by atoms with Crippen molar-refractivity contribution in [3.63, 3.8) is 0 Å². The zero-order valence-corrected chi connectivity index (χ0v) is 13.4. The lowest BCUT2D eigenvalue weighted by Gasteiger charge is -2.19. The molecule has 0 aliphatic carbocycles. The van der Waals surface area contributed by atoms with Gasteiger partial charge in [0.25, 0.3) is 0 Å². The molecule has 2 aromatic rings. The lowest BCUT2D eigenvalue weighted by Crippen LogP contribution is -2.19. The number of ether oxygens (including phenoxy) is 3. The van der Waals surface area contributed by atoms with Crippen molar-refractivity contribution in [2.75, 3.05) is 20.8 Å². The predicted molar refractivity (Wildman–Crippen MR) is 88.5 cm³/mol. The molecule has 0 N–H and O–H groups in total. The maximum atomic E-state index is 12.6. The largest absolute Gasteiger partial charge is 0.493 e. The number of carbonyl (C=O) groups is 1. The molecule has 0 bridgehead atoms. The first kappa shape index (κ1) is 15.2. The summed E-state index contributed by atoms with van der Waals surface area (Å²) in [6.07, 6.45) is 1.83. The first-order valence-electron chi connectivity index (χ1n) is 7.33. The second-order valence-electron chi connectivity index (χ2n) is 5.40. The van der Waals surface area contributed by atoms with Crippen LogP contribution in [0, 0.1) is 6.92 Å². The van der Waals surface area contributed by atoms with Gasteiger partial charge < -0.3 is 14.2 Å². The second kappa shape index (κ2) is 6.16. The van der Waals surface area contributed by atoms with Crippen molar-refractivity contribution >= 4 is 11.9 Å². The number of rotatable bonds is 3.